The van der Waals surface area contributed by atoms with Gasteiger partial charge in [0.2, 0.25) is 15.9 Å². The average Bonchev–Trinajstić information content (AvgIpc) is 3.69. The molecule has 2 aliphatic heterocycles. The Labute approximate surface area is 215 Å². The van der Waals surface area contributed by atoms with Gasteiger partial charge in [0.15, 0.2) is 0 Å². The Morgan fingerprint density at radius 1 is 1.25 bits per heavy atom. The van der Waals surface area contributed by atoms with Gasteiger partial charge < -0.3 is 15.4 Å². The summed E-state index contributed by atoms with van der Waals surface area (Å²) in [6, 6.07) is 4.04. The number of ether oxygens (including phenoxy) is 1. The minimum Gasteiger partial charge on any atom is -0.445 e. The van der Waals surface area contributed by atoms with Crippen LogP contribution < -0.4 is 15.4 Å². The molecule has 2 saturated carbocycles. The molecule has 3 amide bonds. The lowest BCUT2D eigenvalue weighted by atomic mass is 10.1. The molecule has 13 heteroatoms. The Kier molecular flexibility index (Phi) is 7.24. The van der Waals surface area contributed by atoms with Crippen LogP contribution in [0.1, 0.15) is 50.2 Å². The highest BCUT2D eigenvalue weighted by Gasteiger charge is 2.61. The van der Waals surface area contributed by atoms with Crippen molar-refractivity contribution in [3.8, 4) is 0 Å². The van der Waals surface area contributed by atoms with Gasteiger partial charge >= 0.3 is 6.09 Å². The molecule has 0 aromatic heterocycles. The fraction of sp³-hybridized carbons (Fsp3) is 0.609. The maximum absolute atomic E-state index is 14.0. The lowest BCUT2D eigenvalue weighted by Gasteiger charge is -2.21. The number of hydrogen-bond acceptors (Lipinski definition) is 7. The molecule has 3 N–H and O–H groups in total. The molecule has 2 heterocycles. The van der Waals surface area contributed by atoms with E-state index in [0.717, 1.165) is 5.56 Å². The van der Waals surface area contributed by atoms with Gasteiger partial charge in [-0.25, -0.2) is 17.6 Å². The molecule has 0 unspecified atom stereocenters. The number of benzene rings is 1. The highest BCUT2D eigenvalue weighted by atomic mass is 35.5. The van der Waals surface area contributed by atoms with Crippen LogP contribution in [0.2, 0.25) is 0 Å². The van der Waals surface area contributed by atoms with Gasteiger partial charge in [-0.2, -0.15) is 0 Å². The van der Waals surface area contributed by atoms with Crippen LogP contribution in [0.25, 0.3) is 0 Å². The molecule has 2 aliphatic carbocycles. The third kappa shape index (κ3) is 5.03. The first-order chi connectivity index (χ1) is 16.6. The van der Waals surface area contributed by atoms with Gasteiger partial charge in [-0.1, -0.05) is 25.5 Å². The van der Waals surface area contributed by atoms with Gasteiger partial charge in [0, 0.05) is 25.1 Å². The second-order valence-electron chi connectivity index (χ2n) is 9.88. The van der Waals surface area contributed by atoms with E-state index in [0.29, 0.717) is 31.2 Å². The molecular weight excluding hydrogens is 515 g/mol. The van der Waals surface area contributed by atoms with Crippen molar-refractivity contribution in [1.82, 2.24) is 20.3 Å². The Morgan fingerprint density at radius 2 is 2.00 bits per heavy atom. The van der Waals surface area contributed by atoms with E-state index in [2.05, 4.69) is 15.4 Å². The lowest BCUT2D eigenvalue weighted by Crippen LogP contribution is -2.55. The van der Waals surface area contributed by atoms with Crippen LogP contribution in [0.15, 0.2) is 18.2 Å². The molecule has 0 bridgehead atoms. The minimum absolute atomic E-state index is 0. The zero-order valence-corrected chi connectivity index (χ0v) is 21.4. The second kappa shape index (κ2) is 9.79. The summed E-state index contributed by atoms with van der Waals surface area (Å²) in [5.41, 5.74) is -0.0188. The largest absolute Gasteiger partial charge is 0.445 e. The number of fused-ring (bicyclic) bond motifs is 1. The van der Waals surface area contributed by atoms with Gasteiger partial charge in [-0.15, -0.1) is 12.4 Å². The third-order valence-electron chi connectivity index (χ3n) is 7.41. The minimum atomic E-state index is -3.72. The van der Waals surface area contributed by atoms with Crippen molar-refractivity contribution in [2.45, 2.75) is 75.1 Å². The number of halogens is 2. The van der Waals surface area contributed by atoms with Gasteiger partial charge in [-0.3, -0.25) is 19.2 Å². The quantitative estimate of drug-likeness (QED) is 0.471. The Balaban J connectivity index is 0.00000304. The number of nitrogens with zero attached hydrogens (tertiary/aromatic N) is 1. The fourth-order valence-electron chi connectivity index (χ4n) is 5.02. The van der Waals surface area contributed by atoms with E-state index in [1.54, 1.807) is 12.1 Å². The molecule has 4 aliphatic rings. The molecule has 10 nitrogen and oxygen atoms in total. The SMILES string of the molecule is CC[C@@H]1C[C@]1(NC(=O)[C@@H]1C[C@@H](OC(=O)N2Cc3cccc(F)c3C2)CN1)C(=O)NS(=O)(=O)C1CC1.Cl. The Bertz CT molecular complexity index is 1180. The van der Waals surface area contributed by atoms with Crippen molar-refractivity contribution in [3.63, 3.8) is 0 Å². The normalized spacial score (nSPS) is 28.6. The van der Waals surface area contributed by atoms with Crippen LogP contribution in [-0.4, -0.2) is 60.7 Å². The molecule has 1 saturated heterocycles. The first kappa shape index (κ1) is 26.6. The first-order valence-electron chi connectivity index (χ1n) is 12.0. The predicted octanol–water partition coefficient (Wildman–Crippen LogP) is 1.32. The summed E-state index contributed by atoms with van der Waals surface area (Å²) in [6.07, 6.45) is 1.12. The van der Waals surface area contributed by atoms with Crippen molar-refractivity contribution in [2.75, 3.05) is 6.54 Å². The molecule has 1 aromatic rings. The number of rotatable bonds is 7. The van der Waals surface area contributed by atoms with Crippen LogP contribution in [0.3, 0.4) is 0 Å². The van der Waals surface area contributed by atoms with Crippen LogP contribution in [0.4, 0.5) is 9.18 Å². The monoisotopic (exact) mass is 544 g/mol. The van der Waals surface area contributed by atoms with Crippen LogP contribution in [0, 0.1) is 11.7 Å². The molecule has 5 rings (SSSR count). The second-order valence-corrected chi connectivity index (χ2v) is 11.8. The van der Waals surface area contributed by atoms with E-state index in [4.69, 9.17) is 4.74 Å². The van der Waals surface area contributed by atoms with E-state index in [-0.39, 0.29) is 50.2 Å². The first-order valence-corrected chi connectivity index (χ1v) is 13.5. The maximum atomic E-state index is 14.0. The summed E-state index contributed by atoms with van der Waals surface area (Å²) >= 11 is 0. The van der Waals surface area contributed by atoms with Gasteiger partial charge in [0.25, 0.3) is 5.91 Å². The smallest absolute Gasteiger partial charge is 0.410 e. The zero-order chi connectivity index (χ0) is 25.0. The summed E-state index contributed by atoms with van der Waals surface area (Å²) in [5, 5.41) is 5.24. The number of nitrogens with one attached hydrogen (secondary N) is 3. The summed E-state index contributed by atoms with van der Waals surface area (Å²) in [5.74, 6) is -1.63. The molecule has 1 aromatic carbocycles. The summed E-state index contributed by atoms with van der Waals surface area (Å²) < 4.78 is 46.1. The van der Waals surface area contributed by atoms with Crippen molar-refractivity contribution in [1.29, 1.82) is 0 Å². The van der Waals surface area contributed by atoms with E-state index in [1.807, 2.05) is 6.92 Å². The summed E-state index contributed by atoms with van der Waals surface area (Å²) in [7, 11) is -3.72. The standard InChI is InChI=1S/C23H29FN4O6S.ClH/c1-2-14-9-23(14,21(30)27-35(32,33)16-6-7-16)26-20(29)19-8-15(10-25-19)34-22(31)28-11-13-4-3-5-18(24)17(13)12-28;/h3-5,14-16,19,25H,2,6-12H2,1H3,(H,26,29)(H,27,30);1H/t14-,15-,19+,23-;/m1./s1. The highest BCUT2D eigenvalue weighted by Crippen LogP contribution is 2.46. The van der Waals surface area contributed by atoms with Crippen LogP contribution in [0.5, 0.6) is 0 Å². The van der Waals surface area contributed by atoms with Crippen molar-refractivity contribution >= 4 is 40.3 Å². The number of hydrogen-bond donors (Lipinski definition) is 3. The Morgan fingerprint density at radius 3 is 2.64 bits per heavy atom. The van der Waals surface area contributed by atoms with Crippen molar-refractivity contribution in [2.24, 2.45) is 5.92 Å². The summed E-state index contributed by atoms with van der Waals surface area (Å²) in [4.78, 5) is 39.8. The maximum Gasteiger partial charge on any atom is 0.410 e. The van der Waals surface area contributed by atoms with E-state index in [9.17, 15) is 27.2 Å². The van der Waals surface area contributed by atoms with E-state index in [1.165, 1.54) is 11.0 Å². The van der Waals surface area contributed by atoms with E-state index >= 15 is 0 Å². The highest BCUT2D eigenvalue weighted by molar-refractivity contribution is 7.91. The fourth-order valence-corrected chi connectivity index (χ4v) is 6.38. The Hall–Kier alpha value is -2.44. The molecule has 36 heavy (non-hydrogen) atoms. The van der Waals surface area contributed by atoms with Crippen LogP contribution >= 0.6 is 12.4 Å². The molecule has 0 spiro atoms. The van der Waals surface area contributed by atoms with Crippen molar-refractivity contribution < 1.29 is 31.9 Å². The van der Waals surface area contributed by atoms with Crippen LogP contribution in [-0.2, 0) is 37.4 Å². The number of carbonyl (C=O) groups excluding carboxylic acids is 3. The molecule has 3 fully saturated rings. The number of sulfonamides is 1. The van der Waals surface area contributed by atoms with Crippen molar-refractivity contribution in [3.05, 3.63) is 35.1 Å². The predicted molar refractivity (Wildman–Crippen MR) is 129 cm³/mol. The molecule has 198 valence electrons. The topological polar surface area (TPSA) is 134 Å². The van der Waals surface area contributed by atoms with Gasteiger partial charge in [0.05, 0.1) is 17.8 Å². The lowest BCUT2D eigenvalue weighted by molar-refractivity contribution is -0.130. The van der Waals surface area contributed by atoms with Gasteiger partial charge in [-0.05, 0) is 36.8 Å². The van der Waals surface area contributed by atoms with E-state index < -0.39 is 50.9 Å². The number of amides is 3. The molecular formula is C23H30ClFN4O6S. The molecule has 4 atom stereocenters. The number of carbonyl (C=O) groups is 3. The third-order valence-corrected chi connectivity index (χ3v) is 9.23. The average molecular weight is 545 g/mol. The zero-order valence-electron chi connectivity index (χ0n) is 19.8. The molecule has 0 radical (unpaired) electrons. The summed E-state index contributed by atoms with van der Waals surface area (Å²) in [6.45, 7) is 2.53. The van der Waals surface area contributed by atoms with Gasteiger partial charge in [0.1, 0.15) is 17.5 Å².